The van der Waals surface area contributed by atoms with Gasteiger partial charge in [0.1, 0.15) is 0 Å². The van der Waals surface area contributed by atoms with Crippen LogP contribution in [0.3, 0.4) is 0 Å². The van der Waals surface area contributed by atoms with E-state index >= 15 is 0 Å². The van der Waals surface area contributed by atoms with Gasteiger partial charge in [-0.05, 0) is 30.5 Å². The number of rotatable bonds is 7. The number of carbonyl (C=O) groups excluding carboxylic acids is 1. The van der Waals surface area contributed by atoms with Crippen molar-refractivity contribution in [2.24, 2.45) is 0 Å². The van der Waals surface area contributed by atoms with Gasteiger partial charge < -0.3 is 4.57 Å². The van der Waals surface area contributed by atoms with Crippen LogP contribution in [0.5, 0.6) is 0 Å². The number of hydrogen-bond acceptors (Lipinski definition) is 1. The number of ketones is 1. The first-order valence-corrected chi connectivity index (χ1v) is 7.56. The number of aryl methyl sites for hydroxylation is 2. The molecule has 0 aliphatic rings. The third kappa shape index (κ3) is 3.43. The summed E-state index contributed by atoms with van der Waals surface area (Å²) < 4.78 is 88.5. The average Bonchev–Trinajstić information content (AvgIpc) is 3.14. The van der Waals surface area contributed by atoms with E-state index in [0.29, 0.717) is 5.39 Å². The van der Waals surface area contributed by atoms with Gasteiger partial charge in [0.15, 0.2) is 5.78 Å². The molecule has 0 saturated heterocycles. The first-order valence-electron chi connectivity index (χ1n) is 13.1. The van der Waals surface area contributed by atoms with Crippen LogP contribution in [-0.4, -0.2) is 10.4 Å². The molecule has 0 radical (unpaired) electrons. The molecule has 124 valence electrons. The maximum Gasteiger partial charge on any atom is 0.169 e. The second-order valence-corrected chi connectivity index (χ2v) is 5.44. The molecule has 1 aromatic heterocycles. The van der Waals surface area contributed by atoms with Crippen LogP contribution in [0, 0.1) is 6.92 Å². The Balaban J connectivity index is 2.16. The Labute approximate surface area is 159 Å². The SMILES string of the molecule is [2H]C([2H])([2H])C([2H])([2H])C([2H])([2H])C([2H])([2H])C([2H])([2H])n1cc(C(=O)Cc2ccccc2C)c2ccccc21. The van der Waals surface area contributed by atoms with Crippen molar-refractivity contribution in [2.45, 2.75) is 45.8 Å². The molecule has 0 amide bonds. The number of para-hydroxylation sites is 1. The zero-order valence-electron chi connectivity index (χ0n) is 24.3. The van der Waals surface area contributed by atoms with Crippen molar-refractivity contribution >= 4 is 16.7 Å². The zero-order valence-corrected chi connectivity index (χ0v) is 13.3. The summed E-state index contributed by atoms with van der Waals surface area (Å²) in [5.41, 5.74) is 1.81. The standard InChI is InChI=1S/C22H25NO/c1-3-4-9-14-23-16-20(19-12-7-8-13-21(19)23)22(24)15-18-11-6-5-10-17(18)2/h5-8,10-13,16H,3-4,9,14-15H2,1-2H3/i1D3,3D2,4D2,9D2,14D2. The topological polar surface area (TPSA) is 22.0 Å². The minimum atomic E-state index is -3.79. The maximum absolute atomic E-state index is 13.2. The first kappa shape index (κ1) is 7.69. The van der Waals surface area contributed by atoms with Gasteiger partial charge in [-0.25, -0.2) is 0 Å². The molecule has 2 heteroatoms. The van der Waals surface area contributed by atoms with E-state index < -0.39 is 32.5 Å². The van der Waals surface area contributed by atoms with Gasteiger partial charge in [-0.3, -0.25) is 4.79 Å². The first-order chi connectivity index (χ1) is 15.9. The quantitative estimate of drug-likeness (QED) is 0.519. The molecule has 0 aliphatic carbocycles. The van der Waals surface area contributed by atoms with E-state index in [1.807, 2.05) is 19.1 Å². The predicted molar refractivity (Wildman–Crippen MR) is 101 cm³/mol. The van der Waals surface area contributed by atoms with Crippen molar-refractivity contribution in [3.8, 4) is 0 Å². The number of carbonyl (C=O) groups is 1. The molecular weight excluding hydrogens is 294 g/mol. The van der Waals surface area contributed by atoms with E-state index in [4.69, 9.17) is 15.1 Å². The summed E-state index contributed by atoms with van der Waals surface area (Å²) in [5.74, 6) is -0.369. The molecule has 3 rings (SSSR count). The Morgan fingerprint density at radius 2 is 1.92 bits per heavy atom. The Bertz CT molecular complexity index is 1260. The van der Waals surface area contributed by atoms with E-state index in [9.17, 15) is 4.79 Å². The third-order valence-corrected chi connectivity index (χ3v) is 3.93. The highest BCUT2D eigenvalue weighted by Crippen LogP contribution is 2.24. The average molecular weight is 331 g/mol. The summed E-state index contributed by atoms with van der Waals surface area (Å²) in [6, 6.07) is 13.4. The fourth-order valence-corrected chi connectivity index (χ4v) is 2.69. The lowest BCUT2D eigenvalue weighted by molar-refractivity contribution is 0.0994. The largest absolute Gasteiger partial charge is 0.347 e. The van der Waals surface area contributed by atoms with Crippen LogP contribution in [0.25, 0.3) is 10.9 Å². The molecule has 1 heterocycles. The van der Waals surface area contributed by atoms with Crippen LogP contribution in [-0.2, 0) is 12.9 Å². The number of Topliss-reactive ketones (excluding diaryl/α,β-unsaturated/α-hetero) is 1. The maximum atomic E-state index is 13.2. The van der Waals surface area contributed by atoms with Crippen LogP contribution >= 0.6 is 0 Å². The smallest absolute Gasteiger partial charge is 0.169 e. The Hall–Kier alpha value is -2.35. The molecule has 0 bridgehead atoms. The molecule has 0 atom stereocenters. The van der Waals surface area contributed by atoms with Crippen LogP contribution in [0.15, 0.2) is 54.7 Å². The van der Waals surface area contributed by atoms with Gasteiger partial charge in [0, 0.05) is 50.7 Å². The molecule has 0 unspecified atom stereocenters. The lowest BCUT2D eigenvalue weighted by Gasteiger charge is -2.04. The Morgan fingerprint density at radius 1 is 1.12 bits per heavy atom. The highest BCUT2D eigenvalue weighted by atomic mass is 16.1. The molecule has 0 spiro atoms. The van der Waals surface area contributed by atoms with Crippen LogP contribution in [0.4, 0.5) is 0 Å². The molecule has 24 heavy (non-hydrogen) atoms. The molecule has 2 aromatic carbocycles. The Kier molecular flexibility index (Phi) is 2.40. The van der Waals surface area contributed by atoms with E-state index in [1.54, 1.807) is 24.3 Å². The van der Waals surface area contributed by atoms with Crippen molar-refractivity contribution in [1.82, 2.24) is 4.57 Å². The summed E-state index contributed by atoms with van der Waals surface area (Å²) in [5, 5.41) is 0.310. The second-order valence-electron chi connectivity index (χ2n) is 5.44. The molecule has 2 nitrogen and oxygen atoms in total. The van der Waals surface area contributed by atoms with Crippen molar-refractivity contribution in [2.75, 3.05) is 0 Å². The van der Waals surface area contributed by atoms with Crippen molar-refractivity contribution in [3.05, 3.63) is 71.4 Å². The molecular formula is C22H25NO. The van der Waals surface area contributed by atoms with E-state index in [2.05, 4.69) is 0 Å². The number of benzene rings is 2. The number of fused-ring (bicyclic) bond motifs is 1. The lowest BCUT2D eigenvalue weighted by atomic mass is 9.99. The highest BCUT2D eigenvalue weighted by Gasteiger charge is 2.15. The van der Waals surface area contributed by atoms with Crippen molar-refractivity contribution in [1.29, 1.82) is 0 Å². The van der Waals surface area contributed by atoms with Gasteiger partial charge >= 0.3 is 0 Å². The lowest BCUT2D eigenvalue weighted by Crippen LogP contribution is -2.04. The molecule has 0 N–H and O–H groups in total. The minimum absolute atomic E-state index is 0.000992. The van der Waals surface area contributed by atoms with Gasteiger partial charge in [-0.15, -0.1) is 0 Å². The monoisotopic (exact) mass is 330 g/mol. The summed E-state index contributed by atoms with van der Waals surface area (Å²) in [6.45, 7) is -5.00. The van der Waals surface area contributed by atoms with Gasteiger partial charge in [-0.2, -0.15) is 0 Å². The number of aromatic nitrogens is 1. The third-order valence-electron chi connectivity index (χ3n) is 3.93. The van der Waals surface area contributed by atoms with Gasteiger partial charge in [-0.1, -0.05) is 62.1 Å². The molecule has 3 aromatic rings. The van der Waals surface area contributed by atoms with Crippen LogP contribution in [0.2, 0.25) is 0 Å². The Morgan fingerprint density at radius 3 is 2.75 bits per heavy atom. The van der Waals surface area contributed by atoms with Gasteiger partial charge in [0.05, 0.1) is 0 Å². The fourth-order valence-electron chi connectivity index (χ4n) is 2.69. The summed E-state index contributed by atoms with van der Waals surface area (Å²) in [6.07, 6.45) is -10.1. The molecule has 0 aliphatic heterocycles. The highest BCUT2D eigenvalue weighted by molar-refractivity contribution is 6.08. The summed E-state index contributed by atoms with van der Waals surface area (Å²) in [7, 11) is 0. The second kappa shape index (κ2) is 7.48. The summed E-state index contributed by atoms with van der Waals surface area (Å²) >= 11 is 0. The normalized spacial score (nSPS) is 20.8. The van der Waals surface area contributed by atoms with Crippen LogP contribution in [0.1, 0.15) is 62.5 Å². The van der Waals surface area contributed by atoms with E-state index in [1.165, 1.54) is 12.1 Å². The van der Waals surface area contributed by atoms with E-state index in [-0.39, 0.29) is 23.3 Å². The number of nitrogens with zero attached hydrogens (tertiary/aromatic N) is 1. The number of hydrogen-bond donors (Lipinski definition) is 0. The van der Waals surface area contributed by atoms with Crippen molar-refractivity contribution < 1.29 is 19.9 Å². The fraction of sp³-hybridized carbons (Fsp3) is 0.318. The zero-order chi connectivity index (χ0) is 26.6. The molecule has 0 fully saturated rings. The molecule has 0 saturated carbocycles. The summed E-state index contributed by atoms with van der Waals surface area (Å²) in [4.78, 5) is 13.2. The van der Waals surface area contributed by atoms with E-state index in [0.717, 1.165) is 21.9 Å². The van der Waals surface area contributed by atoms with Crippen LogP contribution < -0.4 is 0 Å². The van der Waals surface area contributed by atoms with Gasteiger partial charge in [0.2, 0.25) is 0 Å². The predicted octanol–water partition coefficient (Wildman–Crippen LogP) is 5.57. The van der Waals surface area contributed by atoms with Gasteiger partial charge in [0.25, 0.3) is 0 Å². The minimum Gasteiger partial charge on any atom is -0.347 e. The van der Waals surface area contributed by atoms with Crippen molar-refractivity contribution in [3.63, 3.8) is 0 Å².